The molecule has 1 aliphatic heterocycles. The third-order valence-corrected chi connectivity index (χ3v) is 4.69. The molecule has 1 unspecified atom stereocenters. The fourth-order valence-corrected chi connectivity index (χ4v) is 2.91. The Labute approximate surface area is 114 Å². The lowest BCUT2D eigenvalue weighted by molar-refractivity contribution is -0.135. The normalized spacial score (nSPS) is 30.9. The molecule has 1 saturated carbocycles. The lowest BCUT2D eigenvalue weighted by Crippen LogP contribution is -2.50. The van der Waals surface area contributed by atoms with E-state index in [1.807, 2.05) is 13.8 Å². The molecule has 5 nitrogen and oxygen atoms in total. The quantitative estimate of drug-likeness (QED) is 0.765. The van der Waals surface area contributed by atoms with E-state index >= 15 is 0 Å². The SMILES string of the molecule is CC(C)C1(C)NC(=O)N(CC2(O)CCCCC2)C1=O. The summed E-state index contributed by atoms with van der Waals surface area (Å²) >= 11 is 0. The molecular weight excluding hydrogens is 244 g/mol. The molecule has 2 aliphatic rings. The fraction of sp³-hybridized carbons (Fsp3) is 0.857. The molecule has 0 spiro atoms. The first kappa shape index (κ1) is 14.3. The van der Waals surface area contributed by atoms with Gasteiger partial charge in [0.05, 0.1) is 12.1 Å². The maximum Gasteiger partial charge on any atom is 0.325 e. The van der Waals surface area contributed by atoms with Gasteiger partial charge in [-0.1, -0.05) is 33.1 Å². The van der Waals surface area contributed by atoms with Gasteiger partial charge in [-0.25, -0.2) is 4.79 Å². The number of β-amino-alcohol motifs (C(OH)–C–C–N with tert-alkyl or cyclic N) is 1. The molecule has 108 valence electrons. The average molecular weight is 268 g/mol. The van der Waals surface area contributed by atoms with Gasteiger partial charge in [0.25, 0.3) is 5.91 Å². The van der Waals surface area contributed by atoms with Crippen molar-refractivity contribution >= 4 is 11.9 Å². The molecule has 5 heteroatoms. The zero-order valence-corrected chi connectivity index (χ0v) is 12.0. The first-order chi connectivity index (χ1) is 8.78. The third-order valence-electron chi connectivity index (χ3n) is 4.69. The van der Waals surface area contributed by atoms with Crippen molar-refractivity contribution in [3.8, 4) is 0 Å². The summed E-state index contributed by atoms with van der Waals surface area (Å²) in [5.74, 6) is -0.193. The molecule has 0 aromatic heterocycles. The van der Waals surface area contributed by atoms with Gasteiger partial charge in [0.2, 0.25) is 0 Å². The van der Waals surface area contributed by atoms with Crippen LogP contribution in [0.4, 0.5) is 4.79 Å². The van der Waals surface area contributed by atoms with Gasteiger partial charge >= 0.3 is 6.03 Å². The van der Waals surface area contributed by atoms with Gasteiger partial charge in [-0.3, -0.25) is 9.69 Å². The largest absolute Gasteiger partial charge is 0.388 e. The molecule has 1 saturated heterocycles. The highest BCUT2D eigenvalue weighted by atomic mass is 16.3. The Morgan fingerprint density at radius 3 is 2.32 bits per heavy atom. The maximum absolute atomic E-state index is 12.4. The van der Waals surface area contributed by atoms with E-state index in [-0.39, 0.29) is 24.4 Å². The predicted molar refractivity (Wildman–Crippen MR) is 71.5 cm³/mol. The van der Waals surface area contributed by atoms with Crippen molar-refractivity contribution in [2.45, 2.75) is 64.0 Å². The van der Waals surface area contributed by atoms with Gasteiger partial charge in [0.15, 0.2) is 0 Å². The van der Waals surface area contributed by atoms with Crippen LogP contribution in [0.25, 0.3) is 0 Å². The summed E-state index contributed by atoms with van der Waals surface area (Å²) in [5.41, 5.74) is -1.74. The van der Waals surface area contributed by atoms with E-state index in [0.717, 1.165) is 19.3 Å². The number of rotatable bonds is 3. The molecule has 2 fully saturated rings. The molecular formula is C14H24N2O3. The van der Waals surface area contributed by atoms with Gasteiger partial charge in [-0.05, 0) is 25.7 Å². The molecule has 1 atom stereocenters. The number of imide groups is 1. The number of hydrogen-bond donors (Lipinski definition) is 2. The smallest absolute Gasteiger partial charge is 0.325 e. The highest BCUT2D eigenvalue weighted by molar-refractivity contribution is 6.07. The predicted octanol–water partition coefficient (Wildman–Crippen LogP) is 1.65. The number of nitrogens with zero attached hydrogens (tertiary/aromatic N) is 1. The third kappa shape index (κ3) is 2.48. The Hall–Kier alpha value is -1.10. The number of urea groups is 1. The van der Waals surface area contributed by atoms with Crippen molar-refractivity contribution in [1.82, 2.24) is 10.2 Å². The molecule has 3 amide bonds. The zero-order valence-electron chi connectivity index (χ0n) is 12.0. The standard InChI is InChI=1S/C14H24N2O3/c1-10(2)13(3)11(17)16(12(18)15-13)9-14(19)7-5-4-6-8-14/h10,19H,4-9H2,1-3H3,(H,15,18). The Balaban J connectivity index is 2.13. The minimum Gasteiger partial charge on any atom is -0.388 e. The molecule has 0 bridgehead atoms. The summed E-state index contributed by atoms with van der Waals surface area (Å²) < 4.78 is 0. The zero-order chi connectivity index (χ0) is 14.3. The minimum atomic E-state index is -0.895. The van der Waals surface area contributed by atoms with Crippen molar-refractivity contribution in [1.29, 1.82) is 0 Å². The van der Waals surface area contributed by atoms with Crippen LogP contribution in [0.5, 0.6) is 0 Å². The highest BCUT2D eigenvalue weighted by Gasteiger charge is 2.51. The maximum atomic E-state index is 12.4. The van der Waals surface area contributed by atoms with Crippen molar-refractivity contribution in [2.24, 2.45) is 5.92 Å². The number of carbonyl (C=O) groups excluding carboxylic acids is 2. The van der Waals surface area contributed by atoms with Crippen molar-refractivity contribution in [2.75, 3.05) is 6.54 Å². The Morgan fingerprint density at radius 2 is 1.84 bits per heavy atom. The molecule has 2 N–H and O–H groups in total. The van der Waals surface area contributed by atoms with Crippen LogP contribution in [-0.4, -0.2) is 39.6 Å². The van der Waals surface area contributed by atoms with Crippen molar-refractivity contribution in [3.05, 3.63) is 0 Å². The van der Waals surface area contributed by atoms with Gasteiger partial charge in [0.1, 0.15) is 5.54 Å². The molecule has 19 heavy (non-hydrogen) atoms. The monoisotopic (exact) mass is 268 g/mol. The minimum absolute atomic E-state index is 0.0231. The van der Waals surface area contributed by atoms with Gasteiger partial charge in [0, 0.05) is 0 Å². The van der Waals surface area contributed by atoms with Crippen LogP contribution >= 0.6 is 0 Å². The number of aliphatic hydroxyl groups is 1. The van der Waals surface area contributed by atoms with E-state index in [2.05, 4.69) is 5.32 Å². The summed E-state index contributed by atoms with van der Waals surface area (Å²) in [4.78, 5) is 25.6. The Bertz CT molecular complexity index is 388. The fourth-order valence-electron chi connectivity index (χ4n) is 2.91. The van der Waals surface area contributed by atoms with E-state index in [0.29, 0.717) is 12.8 Å². The molecule has 2 rings (SSSR count). The summed E-state index contributed by atoms with van der Waals surface area (Å²) in [6.07, 6.45) is 4.38. The molecule has 0 radical (unpaired) electrons. The first-order valence-electron chi connectivity index (χ1n) is 7.15. The highest BCUT2D eigenvalue weighted by Crippen LogP contribution is 2.32. The number of carbonyl (C=O) groups is 2. The first-order valence-corrected chi connectivity index (χ1v) is 7.15. The van der Waals surface area contributed by atoms with Crippen LogP contribution in [0.1, 0.15) is 52.9 Å². The van der Waals surface area contributed by atoms with Crippen LogP contribution in [-0.2, 0) is 4.79 Å². The Kier molecular flexibility index (Phi) is 3.60. The summed E-state index contributed by atoms with van der Waals surface area (Å²) in [5, 5.41) is 13.3. The van der Waals surface area contributed by atoms with Crippen LogP contribution in [0.3, 0.4) is 0 Å². The van der Waals surface area contributed by atoms with Crippen LogP contribution in [0, 0.1) is 5.92 Å². The molecule has 1 aliphatic carbocycles. The molecule has 1 heterocycles. The van der Waals surface area contributed by atoms with Gasteiger partial charge in [-0.2, -0.15) is 0 Å². The second-order valence-corrected chi connectivity index (χ2v) is 6.46. The van der Waals surface area contributed by atoms with E-state index in [4.69, 9.17) is 0 Å². The lowest BCUT2D eigenvalue weighted by atomic mass is 9.84. The van der Waals surface area contributed by atoms with E-state index in [1.165, 1.54) is 4.90 Å². The van der Waals surface area contributed by atoms with E-state index in [1.54, 1.807) is 6.92 Å². The Morgan fingerprint density at radius 1 is 1.26 bits per heavy atom. The van der Waals surface area contributed by atoms with E-state index < -0.39 is 11.1 Å². The van der Waals surface area contributed by atoms with E-state index in [9.17, 15) is 14.7 Å². The van der Waals surface area contributed by atoms with Crippen LogP contribution < -0.4 is 5.32 Å². The molecule has 0 aromatic rings. The molecule has 0 aromatic carbocycles. The lowest BCUT2D eigenvalue weighted by Gasteiger charge is -2.35. The average Bonchev–Trinajstić information content (AvgIpc) is 2.55. The number of hydrogen-bond acceptors (Lipinski definition) is 3. The number of amides is 3. The topological polar surface area (TPSA) is 69.6 Å². The second kappa shape index (κ2) is 4.78. The van der Waals surface area contributed by atoms with Crippen LogP contribution in [0.2, 0.25) is 0 Å². The van der Waals surface area contributed by atoms with Gasteiger partial charge < -0.3 is 10.4 Å². The second-order valence-electron chi connectivity index (χ2n) is 6.46. The van der Waals surface area contributed by atoms with Gasteiger partial charge in [-0.15, -0.1) is 0 Å². The van der Waals surface area contributed by atoms with Crippen LogP contribution in [0.15, 0.2) is 0 Å². The van der Waals surface area contributed by atoms with Crippen molar-refractivity contribution in [3.63, 3.8) is 0 Å². The van der Waals surface area contributed by atoms with Crippen molar-refractivity contribution < 1.29 is 14.7 Å². The summed E-state index contributed by atoms with van der Waals surface area (Å²) in [6, 6.07) is -0.375. The summed E-state index contributed by atoms with van der Waals surface area (Å²) in [6.45, 7) is 5.71. The summed E-state index contributed by atoms with van der Waals surface area (Å²) in [7, 11) is 0. The number of nitrogens with one attached hydrogen (secondary N) is 1.